The highest BCUT2D eigenvalue weighted by molar-refractivity contribution is 7.99. The summed E-state index contributed by atoms with van der Waals surface area (Å²) >= 11 is 1.03. The maximum Gasteiger partial charge on any atom is 0.313 e. The number of nitrogens with zero attached hydrogens (tertiary/aromatic N) is 2. The zero-order valence-corrected chi connectivity index (χ0v) is 8.95. The maximum atomic E-state index is 10.3. The van der Waals surface area contributed by atoms with Crippen LogP contribution in [0.25, 0.3) is 0 Å². The molecule has 7 heteroatoms. The van der Waals surface area contributed by atoms with Crippen LogP contribution < -0.4 is 5.73 Å². The van der Waals surface area contributed by atoms with E-state index < -0.39 is 5.97 Å². The van der Waals surface area contributed by atoms with Crippen LogP contribution in [0.3, 0.4) is 0 Å². The van der Waals surface area contributed by atoms with Gasteiger partial charge in [0.1, 0.15) is 5.82 Å². The summed E-state index contributed by atoms with van der Waals surface area (Å²) in [5.41, 5.74) is 6.31. The summed E-state index contributed by atoms with van der Waals surface area (Å²) in [6, 6.07) is 0. The number of rotatable bonds is 5. The average Bonchev–Trinajstić information content (AvgIpc) is 2.19. The molecule has 0 bridgehead atoms. The van der Waals surface area contributed by atoms with Gasteiger partial charge >= 0.3 is 5.97 Å². The second-order valence-electron chi connectivity index (χ2n) is 2.68. The molecule has 3 N–H and O–H groups in total. The highest BCUT2D eigenvalue weighted by Gasteiger charge is 2.06. The van der Waals surface area contributed by atoms with Crippen molar-refractivity contribution in [2.24, 2.45) is 0 Å². The Morgan fingerprint density at radius 2 is 2.47 bits per heavy atom. The molecule has 1 aromatic heterocycles. The lowest BCUT2D eigenvalue weighted by molar-refractivity contribution is -0.133. The van der Waals surface area contributed by atoms with Gasteiger partial charge in [-0.2, -0.15) is 0 Å². The third kappa shape index (κ3) is 3.72. The third-order valence-corrected chi connectivity index (χ3v) is 2.35. The number of methoxy groups -OCH3 is 1. The van der Waals surface area contributed by atoms with Crippen molar-refractivity contribution in [3.8, 4) is 0 Å². The molecular formula is C8H11N3O3S. The minimum atomic E-state index is -0.914. The molecule has 0 saturated carbocycles. The molecule has 0 aliphatic rings. The number of nitrogens with two attached hydrogens (primary N) is 1. The quantitative estimate of drug-likeness (QED) is 0.556. The number of anilines is 1. The molecule has 6 nitrogen and oxygen atoms in total. The lowest BCUT2D eigenvalue weighted by Gasteiger charge is -2.04. The van der Waals surface area contributed by atoms with Gasteiger partial charge in [-0.1, -0.05) is 11.8 Å². The van der Waals surface area contributed by atoms with Gasteiger partial charge in [0.25, 0.3) is 0 Å². The first-order valence-electron chi connectivity index (χ1n) is 4.08. The molecule has 0 saturated heterocycles. The minimum absolute atomic E-state index is 0.0803. The van der Waals surface area contributed by atoms with E-state index in [4.69, 9.17) is 15.6 Å². The number of aromatic nitrogens is 2. The van der Waals surface area contributed by atoms with E-state index in [1.807, 2.05) is 0 Å². The van der Waals surface area contributed by atoms with Gasteiger partial charge in [0.2, 0.25) is 0 Å². The molecule has 1 aromatic rings. The van der Waals surface area contributed by atoms with Crippen molar-refractivity contribution < 1.29 is 14.6 Å². The van der Waals surface area contributed by atoms with Crippen molar-refractivity contribution in [3.63, 3.8) is 0 Å². The van der Waals surface area contributed by atoms with Gasteiger partial charge in [-0.05, 0) is 0 Å². The van der Waals surface area contributed by atoms with Crippen LogP contribution in [-0.4, -0.2) is 33.9 Å². The highest BCUT2D eigenvalue weighted by Crippen LogP contribution is 2.16. The van der Waals surface area contributed by atoms with Crippen molar-refractivity contribution in [2.75, 3.05) is 18.6 Å². The molecule has 0 aliphatic heterocycles. The van der Waals surface area contributed by atoms with E-state index in [2.05, 4.69) is 9.97 Å². The fourth-order valence-electron chi connectivity index (χ4n) is 0.866. The highest BCUT2D eigenvalue weighted by atomic mass is 32.2. The lowest BCUT2D eigenvalue weighted by atomic mass is 10.3. The number of hydrogen-bond donors (Lipinski definition) is 2. The molecule has 82 valence electrons. The van der Waals surface area contributed by atoms with E-state index in [0.29, 0.717) is 23.1 Å². The summed E-state index contributed by atoms with van der Waals surface area (Å²) in [5, 5.41) is 8.81. The summed E-state index contributed by atoms with van der Waals surface area (Å²) in [5.74, 6) is -0.675. The predicted molar refractivity (Wildman–Crippen MR) is 55.5 cm³/mol. The number of carbonyl (C=O) groups is 1. The molecule has 0 aromatic carbocycles. The van der Waals surface area contributed by atoms with Gasteiger partial charge in [0.15, 0.2) is 5.16 Å². The number of aliphatic carboxylic acids is 1. The monoisotopic (exact) mass is 229 g/mol. The summed E-state index contributed by atoms with van der Waals surface area (Å²) in [6.45, 7) is 0.343. The standard InChI is InChI=1S/C8H11N3O3S/c1-14-3-5-2-10-8(11-7(5)9)15-4-6(12)13/h2H,3-4H2,1H3,(H,12,13)(H2,9,10,11). The summed E-state index contributed by atoms with van der Waals surface area (Å²) in [4.78, 5) is 18.2. The molecule has 1 rings (SSSR count). The van der Waals surface area contributed by atoms with E-state index in [0.717, 1.165) is 11.8 Å². The Balaban J connectivity index is 2.68. The van der Waals surface area contributed by atoms with Crippen LogP contribution in [0.15, 0.2) is 11.4 Å². The van der Waals surface area contributed by atoms with Crippen molar-refractivity contribution in [3.05, 3.63) is 11.8 Å². The van der Waals surface area contributed by atoms with Gasteiger partial charge in [-0.15, -0.1) is 0 Å². The smallest absolute Gasteiger partial charge is 0.313 e. The Bertz CT molecular complexity index is 359. The van der Waals surface area contributed by atoms with Crippen LogP contribution in [0.1, 0.15) is 5.56 Å². The van der Waals surface area contributed by atoms with Crippen molar-refractivity contribution in [1.82, 2.24) is 9.97 Å². The van der Waals surface area contributed by atoms with Gasteiger partial charge in [0.05, 0.1) is 12.4 Å². The van der Waals surface area contributed by atoms with Crippen LogP contribution >= 0.6 is 11.8 Å². The molecule has 15 heavy (non-hydrogen) atoms. The zero-order chi connectivity index (χ0) is 11.3. The topological polar surface area (TPSA) is 98.3 Å². The van der Waals surface area contributed by atoms with E-state index in [-0.39, 0.29) is 5.75 Å². The molecule has 0 unspecified atom stereocenters. The first-order chi connectivity index (χ1) is 7.13. The van der Waals surface area contributed by atoms with Gasteiger partial charge in [0, 0.05) is 18.9 Å². The Hall–Kier alpha value is -1.34. The number of ether oxygens (including phenoxy) is 1. The first-order valence-corrected chi connectivity index (χ1v) is 5.07. The van der Waals surface area contributed by atoms with Crippen molar-refractivity contribution >= 4 is 23.5 Å². The van der Waals surface area contributed by atoms with E-state index in [1.54, 1.807) is 7.11 Å². The first kappa shape index (κ1) is 11.7. The molecule has 0 fully saturated rings. The van der Waals surface area contributed by atoms with Crippen LogP contribution in [0.2, 0.25) is 0 Å². The van der Waals surface area contributed by atoms with E-state index >= 15 is 0 Å². The number of carboxylic acid groups (broad SMARTS) is 1. The second-order valence-corrected chi connectivity index (χ2v) is 3.62. The predicted octanol–water partition coefficient (Wildman–Crippen LogP) is 0.382. The van der Waals surface area contributed by atoms with E-state index in [1.165, 1.54) is 6.20 Å². The average molecular weight is 229 g/mol. The van der Waals surface area contributed by atoms with Crippen LogP contribution in [0.4, 0.5) is 5.82 Å². The summed E-state index contributed by atoms with van der Waals surface area (Å²) in [7, 11) is 1.55. The fraction of sp³-hybridized carbons (Fsp3) is 0.375. The Labute approximate surface area is 90.9 Å². The zero-order valence-electron chi connectivity index (χ0n) is 8.14. The van der Waals surface area contributed by atoms with E-state index in [9.17, 15) is 4.79 Å². The number of hydrogen-bond acceptors (Lipinski definition) is 6. The van der Waals surface area contributed by atoms with Crippen LogP contribution in [0, 0.1) is 0 Å². The molecule has 0 spiro atoms. The minimum Gasteiger partial charge on any atom is -0.481 e. The lowest BCUT2D eigenvalue weighted by Crippen LogP contribution is -2.04. The fourth-order valence-corrected chi connectivity index (χ4v) is 1.41. The summed E-state index contributed by atoms with van der Waals surface area (Å²) in [6.07, 6.45) is 1.54. The molecular weight excluding hydrogens is 218 g/mol. The van der Waals surface area contributed by atoms with Crippen LogP contribution in [0.5, 0.6) is 0 Å². The SMILES string of the molecule is COCc1cnc(SCC(=O)O)nc1N. The van der Waals surface area contributed by atoms with Gasteiger partial charge in [-0.25, -0.2) is 9.97 Å². The molecule has 0 atom stereocenters. The molecule has 1 heterocycles. The summed E-state index contributed by atoms with van der Waals surface area (Å²) < 4.78 is 4.89. The van der Waals surface area contributed by atoms with Crippen molar-refractivity contribution in [2.45, 2.75) is 11.8 Å². The third-order valence-electron chi connectivity index (χ3n) is 1.50. The van der Waals surface area contributed by atoms with Gasteiger partial charge in [-0.3, -0.25) is 4.79 Å². The Kier molecular flexibility index (Phi) is 4.32. The number of thioether (sulfide) groups is 1. The van der Waals surface area contributed by atoms with Crippen LogP contribution in [-0.2, 0) is 16.1 Å². The Morgan fingerprint density at radius 3 is 3.00 bits per heavy atom. The number of nitrogen functional groups attached to an aromatic ring is 1. The number of carboxylic acids is 1. The van der Waals surface area contributed by atoms with Gasteiger partial charge < -0.3 is 15.6 Å². The second kappa shape index (κ2) is 5.52. The molecule has 0 amide bonds. The molecule has 0 radical (unpaired) electrons. The Morgan fingerprint density at radius 1 is 1.73 bits per heavy atom. The molecule has 0 aliphatic carbocycles. The van der Waals surface area contributed by atoms with Crippen molar-refractivity contribution in [1.29, 1.82) is 0 Å². The maximum absolute atomic E-state index is 10.3. The normalized spacial score (nSPS) is 10.2. The largest absolute Gasteiger partial charge is 0.481 e.